The number of aliphatic hydroxyl groups is 1. The number of hydrogen-bond acceptors (Lipinski definition) is 2. The smallest absolute Gasteiger partial charge is 0.123 e. The molecule has 0 aliphatic carbocycles. The van der Waals surface area contributed by atoms with E-state index in [1.807, 2.05) is 6.92 Å². The fraction of sp³-hybridized carbons (Fsp3) is 0.571. The Hall–Kier alpha value is -0.930. The monoisotopic (exact) mass is 238 g/mol. The third kappa shape index (κ3) is 3.27. The molecule has 2 unspecified atom stereocenters. The van der Waals surface area contributed by atoms with Crippen LogP contribution in [0.3, 0.4) is 0 Å². The van der Waals surface area contributed by atoms with E-state index in [1.54, 1.807) is 6.07 Å². The highest BCUT2D eigenvalue weighted by Crippen LogP contribution is 2.21. The number of benzene rings is 1. The van der Waals surface area contributed by atoms with Gasteiger partial charge in [0.05, 0.1) is 12.7 Å². The summed E-state index contributed by atoms with van der Waals surface area (Å²) in [5, 5.41) is 10.1. The van der Waals surface area contributed by atoms with E-state index in [0.717, 1.165) is 30.6 Å². The lowest BCUT2D eigenvalue weighted by Crippen LogP contribution is -2.30. The van der Waals surface area contributed by atoms with Gasteiger partial charge < -0.3 is 9.84 Å². The summed E-state index contributed by atoms with van der Waals surface area (Å²) in [4.78, 5) is 0. The Bertz CT molecular complexity index is 372. The van der Waals surface area contributed by atoms with Gasteiger partial charge in [0.1, 0.15) is 5.82 Å². The molecule has 1 saturated heterocycles. The van der Waals surface area contributed by atoms with Crippen molar-refractivity contribution in [3.8, 4) is 0 Å². The van der Waals surface area contributed by atoms with Crippen LogP contribution in [0, 0.1) is 18.7 Å². The van der Waals surface area contributed by atoms with Crippen molar-refractivity contribution in [2.75, 3.05) is 13.2 Å². The second-order valence-electron chi connectivity index (χ2n) is 4.82. The fourth-order valence-electron chi connectivity index (χ4n) is 2.32. The van der Waals surface area contributed by atoms with Crippen molar-refractivity contribution in [1.29, 1.82) is 0 Å². The average Bonchev–Trinajstić information content (AvgIpc) is 2.35. The molecule has 0 spiro atoms. The van der Waals surface area contributed by atoms with Gasteiger partial charge in [0, 0.05) is 12.5 Å². The molecule has 17 heavy (non-hydrogen) atoms. The number of aryl methyl sites for hydroxylation is 1. The molecule has 1 fully saturated rings. The Morgan fingerprint density at radius 1 is 1.53 bits per heavy atom. The zero-order valence-corrected chi connectivity index (χ0v) is 10.2. The van der Waals surface area contributed by atoms with Crippen molar-refractivity contribution < 1.29 is 14.2 Å². The molecule has 2 nitrogen and oxygen atoms in total. The van der Waals surface area contributed by atoms with Crippen molar-refractivity contribution in [1.82, 2.24) is 0 Å². The van der Waals surface area contributed by atoms with Gasteiger partial charge in [-0.2, -0.15) is 0 Å². The van der Waals surface area contributed by atoms with Gasteiger partial charge in [0.25, 0.3) is 0 Å². The minimum Gasteiger partial charge on any atom is -0.392 e. The number of rotatable bonds is 3. The standard InChI is InChI=1S/C14H19FO2/c1-10-4-5-13(15)7-12(10)8-14(16)11-3-2-6-17-9-11/h4-5,7,11,14,16H,2-3,6,8-9H2,1H3. The summed E-state index contributed by atoms with van der Waals surface area (Å²) in [6.07, 6.45) is 2.08. The van der Waals surface area contributed by atoms with E-state index in [1.165, 1.54) is 12.1 Å². The van der Waals surface area contributed by atoms with Crippen LogP contribution in [0.4, 0.5) is 4.39 Å². The first-order valence-corrected chi connectivity index (χ1v) is 6.17. The van der Waals surface area contributed by atoms with Crippen LogP contribution in [0.5, 0.6) is 0 Å². The Morgan fingerprint density at radius 3 is 3.06 bits per heavy atom. The zero-order valence-electron chi connectivity index (χ0n) is 10.2. The van der Waals surface area contributed by atoms with Gasteiger partial charge in [-0.15, -0.1) is 0 Å². The quantitative estimate of drug-likeness (QED) is 0.876. The summed E-state index contributed by atoms with van der Waals surface area (Å²) < 4.78 is 18.5. The average molecular weight is 238 g/mol. The molecule has 0 bridgehead atoms. The Labute approximate surface area is 101 Å². The Balaban J connectivity index is 2.01. The number of ether oxygens (including phenoxy) is 1. The molecule has 1 N–H and O–H groups in total. The van der Waals surface area contributed by atoms with Crippen LogP contribution in [0.25, 0.3) is 0 Å². The van der Waals surface area contributed by atoms with E-state index in [2.05, 4.69) is 0 Å². The van der Waals surface area contributed by atoms with Gasteiger partial charge in [-0.05, 0) is 49.4 Å². The minimum absolute atomic E-state index is 0.186. The lowest BCUT2D eigenvalue weighted by Gasteiger charge is -2.27. The molecule has 2 rings (SSSR count). The fourth-order valence-corrected chi connectivity index (χ4v) is 2.32. The van der Waals surface area contributed by atoms with Crippen LogP contribution in [0.15, 0.2) is 18.2 Å². The van der Waals surface area contributed by atoms with Crippen molar-refractivity contribution in [3.63, 3.8) is 0 Å². The molecule has 0 amide bonds. The summed E-state index contributed by atoms with van der Waals surface area (Å²) in [7, 11) is 0. The normalized spacial score (nSPS) is 22.4. The maximum absolute atomic E-state index is 13.1. The van der Waals surface area contributed by atoms with E-state index in [9.17, 15) is 9.50 Å². The molecule has 1 aliphatic heterocycles. The molecule has 0 saturated carbocycles. The van der Waals surface area contributed by atoms with Gasteiger partial charge in [-0.25, -0.2) is 4.39 Å². The Kier molecular flexibility index (Phi) is 4.13. The molecule has 1 heterocycles. The van der Waals surface area contributed by atoms with Crippen LogP contribution in [-0.4, -0.2) is 24.4 Å². The van der Waals surface area contributed by atoms with Gasteiger partial charge in [0.2, 0.25) is 0 Å². The van der Waals surface area contributed by atoms with E-state index in [-0.39, 0.29) is 11.7 Å². The first-order chi connectivity index (χ1) is 8.16. The van der Waals surface area contributed by atoms with Crippen molar-refractivity contribution in [2.24, 2.45) is 5.92 Å². The predicted octanol–water partition coefficient (Wildman–Crippen LogP) is 2.46. The predicted molar refractivity (Wildman–Crippen MR) is 64.4 cm³/mol. The van der Waals surface area contributed by atoms with Crippen LogP contribution in [0.2, 0.25) is 0 Å². The van der Waals surface area contributed by atoms with Gasteiger partial charge in [-0.3, -0.25) is 0 Å². The highest BCUT2D eigenvalue weighted by molar-refractivity contribution is 5.27. The molecule has 2 atom stereocenters. The van der Waals surface area contributed by atoms with Crippen molar-refractivity contribution in [2.45, 2.75) is 32.3 Å². The number of hydrogen-bond donors (Lipinski definition) is 1. The molecule has 0 radical (unpaired) electrons. The van der Waals surface area contributed by atoms with E-state index in [0.29, 0.717) is 13.0 Å². The molecule has 1 aromatic rings. The van der Waals surface area contributed by atoms with Gasteiger partial charge in [-0.1, -0.05) is 6.07 Å². The molecule has 0 aromatic heterocycles. The summed E-state index contributed by atoms with van der Waals surface area (Å²) in [6, 6.07) is 4.73. The van der Waals surface area contributed by atoms with Crippen LogP contribution >= 0.6 is 0 Å². The molecular formula is C14H19FO2. The first-order valence-electron chi connectivity index (χ1n) is 6.17. The molecule has 94 valence electrons. The van der Waals surface area contributed by atoms with Crippen molar-refractivity contribution >= 4 is 0 Å². The lowest BCUT2D eigenvalue weighted by atomic mass is 9.90. The highest BCUT2D eigenvalue weighted by atomic mass is 19.1. The minimum atomic E-state index is -0.434. The summed E-state index contributed by atoms with van der Waals surface area (Å²) in [5.74, 6) is -0.0517. The van der Waals surface area contributed by atoms with E-state index in [4.69, 9.17) is 4.74 Å². The molecule has 1 aromatic carbocycles. The first kappa shape index (κ1) is 12.5. The maximum Gasteiger partial charge on any atom is 0.123 e. The summed E-state index contributed by atoms with van der Waals surface area (Å²) in [5.41, 5.74) is 1.92. The molecule has 3 heteroatoms. The lowest BCUT2D eigenvalue weighted by molar-refractivity contribution is -0.00853. The summed E-state index contributed by atoms with van der Waals surface area (Å²) in [6.45, 7) is 3.36. The number of aliphatic hydroxyl groups excluding tert-OH is 1. The second-order valence-corrected chi connectivity index (χ2v) is 4.82. The molecular weight excluding hydrogens is 219 g/mol. The van der Waals surface area contributed by atoms with Crippen LogP contribution < -0.4 is 0 Å². The SMILES string of the molecule is Cc1ccc(F)cc1CC(O)C1CCCOC1. The largest absolute Gasteiger partial charge is 0.392 e. The van der Waals surface area contributed by atoms with Crippen LogP contribution in [0.1, 0.15) is 24.0 Å². The van der Waals surface area contributed by atoms with Gasteiger partial charge >= 0.3 is 0 Å². The zero-order chi connectivity index (χ0) is 12.3. The van der Waals surface area contributed by atoms with Gasteiger partial charge in [0.15, 0.2) is 0 Å². The number of halogens is 1. The molecule has 1 aliphatic rings. The highest BCUT2D eigenvalue weighted by Gasteiger charge is 2.23. The topological polar surface area (TPSA) is 29.5 Å². The third-order valence-electron chi connectivity index (χ3n) is 3.48. The van der Waals surface area contributed by atoms with Crippen molar-refractivity contribution in [3.05, 3.63) is 35.1 Å². The second kappa shape index (κ2) is 5.61. The third-order valence-corrected chi connectivity index (χ3v) is 3.48. The summed E-state index contributed by atoms with van der Waals surface area (Å²) >= 11 is 0. The van der Waals surface area contributed by atoms with Crippen LogP contribution in [-0.2, 0) is 11.2 Å². The van der Waals surface area contributed by atoms with E-state index < -0.39 is 6.10 Å². The Morgan fingerprint density at radius 2 is 2.35 bits per heavy atom. The van der Waals surface area contributed by atoms with E-state index >= 15 is 0 Å². The maximum atomic E-state index is 13.1.